The molecular formula is C6H15O8P2-. The lowest BCUT2D eigenvalue weighted by atomic mass is 11.2. The lowest BCUT2D eigenvalue weighted by Crippen LogP contribution is -2.02. The van der Waals surface area contributed by atoms with E-state index in [1.807, 2.05) is 0 Å². The lowest BCUT2D eigenvalue weighted by molar-refractivity contribution is -0.220. The number of hydrogen-bond acceptors (Lipinski definition) is 8. The molecule has 1 N–H and O–H groups in total. The molecule has 8 nitrogen and oxygen atoms in total. The first-order valence-electron chi connectivity index (χ1n) is 3.71. The number of hydrogen-bond donors (Lipinski definition) is 1. The van der Waals surface area contributed by atoms with Crippen molar-refractivity contribution < 1.29 is 37.2 Å². The van der Waals surface area contributed by atoms with Crippen LogP contribution in [0, 0.1) is 0 Å². The molecule has 10 heteroatoms. The van der Waals surface area contributed by atoms with Gasteiger partial charge in [0.2, 0.25) is 0 Å². The minimum Gasteiger partial charge on any atom is -0.756 e. The van der Waals surface area contributed by atoms with Crippen molar-refractivity contribution in [1.82, 2.24) is 0 Å². The van der Waals surface area contributed by atoms with Crippen molar-refractivity contribution in [2.45, 2.75) is 0 Å². The van der Waals surface area contributed by atoms with Crippen LogP contribution in [-0.2, 0) is 27.2 Å². The van der Waals surface area contributed by atoms with Crippen molar-refractivity contribution in [2.24, 2.45) is 0 Å². The number of phosphoric ester groups is 1. The van der Waals surface area contributed by atoms with Gasteiger partial charge in [0.25, 0.3) is 7.82 Å². The normalized spacial score (nSPS) is 11.6. The topological polar surface area (TPSA) is 114 Å². The van der Waals surface area contributed by atoms with E-state index < -0.39 is 20.9 Å². The van der Waals surface area contributed by atoms with Gasteiger partial charge in [-0.2, -0.15) is 0 Å². The lowest BCUT2D eigenvalue weighted by Gasteiger charge is -2.16. The van der Waals surface area contributed by atoms with Gasteiger partial charge in [0.05, 0.1) is 0 Å². The molecule has 0 unspecified atom stereocenters. The van der Waals surface area contributed by atoms with Gasteiger partial charge in [0.15, 0.2) is 5.50 Å². The number of rotatable bonds is 5. The van der Waals surface area contributed by atoms with Crippen LogP contribution >= 0.6 is 15.4 Å². The van der Waals surface area contributed by atoms with E-state index in [1.54, 1.807) is 0 Å². The average Bonchev–Trinajstić information content (AvgIpc) is 2.28. The maximum atomic E-state index is 10.9. The first kappa shape index (κ1) is 18.2. The van der Waals surface area contributed by atoms with Crippen molar-refractivity contribution in [1.29, 1.82) is 0 Å². The van der Waals surface area contributed by atoms with Gasteiger partial charge in [0, 0.05) is 28.4 Å². The second-order valence-electron chi connectivity index (χ2n) is 2.09. The number of aliphatic hydroxyl groups excluding tert-OH is 1. The Kier molecular flexibility index (Phi) is 9.06. The van der Waals surface area contributed by atoms with E-state index in [9.17, 15) is 14.0 Å². The van der Waals surface area contributed by atoms with Crippen LogP contribution < -0.4 is 4.89 Å². The Morgan fingerprint density at radius 3 is 1.38 bits per heavy atom. The first-order chi connectivity index (χ1) is 7.19. The van der Waals surface area contributed by atoms with Gasteiger partial charge in [0.1, 0.15) is 0 Å². The molecule has 0 amide bonds. The van der Waals surface area contributed by atoms with Gasteiger partial charge in [-0.3, -0.25) is 9.13 Å². The maximum absolute atomic E-state index is 10.9. The summed E-state index contributed by atoms with van der Waals surface area (Å²) in [5.74, 6) is 0. The summed E-state index contributed by atoms with van der Waals surface area (Å²) < 4.78 is 37.2. The molecule has 0 aromatic carbocycles. The van der Waals surface area contributed by atoms with Crippen LogP contribution in [-0.4, -0.2) is 33.5 Å². The van der Waals surface area contributed by atoms with Crippen molar-refractivity contribution in [3.05, 3.63) is 12.1 Å². The van der Waals surface area contributed by atoms with Crippen LogP contribution in [0.25, 0.3) is 0 Å². The molecule has 0 aromatic rings. The molecule has 0 aliphatic rings. The third kappa shape index (κ3) is 7.14. The molecule has 0 fully saturated rings. The molecule has 0 bridgehead atoms. The summed E-state index contributed by atoms with van der Waals surface area (Å²) in [7, 11) is -2.87. The molecule has 0 saturated heterocycles. The SMILES string of the molecule is C=C(O)P(=O)(OC)OC.COP(=O)([O-])OC. The molecule has 0 aliphatic carbocycles. The van der Waals surface area contributed by atoms with Gasteiger partial charge in [-0.25, -0.2) is 0 Å². The Morgan fingerprint density at radius 1 is 1.06 bits per heavy atom. The van der Waals surface area contributed by atoms with Crippen LogP contribution in [0.3, 0.4) is 0 Å². The second-order valence-corrected chi connectivity index (χ2v) is 5.96. The van der Waals surface area contributed by atoms with Crippen LogP contribution in [0.2, 0.25) is 0 Å². The Labute approximate surface area is 93.9 Å². The zero-order valence-corrected chi connectivity index (χ0v) is 11.2. The third-order valence-corrected chi connectivity index (χ3v) is 3.73. The molecule has 98 valence electrons. The zero-order chi connectivity index (χ0) is 13.4. The standard InChI is InChI=1S/C4H9O4P.C2H7O4P/c1-4(5)9(6,7-2)8-3;1-5-7(3,4)6-2/h5H,1H2,2-3H3;1-2H3,(H,3,4)/p-1. The molecule has 0 heterocycles. The smallest absolute Gasteiger partial charge is 0.394 e. The van der Waals surface area contributed by atoms with Crippen LogP contribution in [0.5, 0.6) is 0 Å². The van der Waals surface area contributed by atoms with Crippen LogP contribution in [0.15, 0.2) is 12.1 Å². The van der Waals surface area contributed by atoms with E-state index in [2.05, 4.69) is 24.7 Å². The summed E-state index contributed by atoms with van der Waals surface area (Å²) in [4.78, 5) is 9.95. The fourth-order valence-corrected chi connectivity index (χ4v) is 1.08. The fourth-order valence-electron chi connectivity index (χ4n) is 0.360. The third-order valence-electron chi connectivity index (χ3n) is 1.24. The van der Waals surface area contributed by atoms with E-state index in [4.69, 9.17) is 5.11 Å². The quantitative estimate of drug-likeness (QED) is 0.589. The van der Waals surface area contributed by atoms with Gasteiger partial charge in [-0.1, -0.05) is 0 Å². The van der Waals surface area contributed by atoms with Crippen LogP contribution in [0.4, 0.5) is 0 Å². The highest BCUT2D eigenvalue weighted by atomic mass is 31.2. The Bertz CT molecular complexity index is 285. The Hall–Kier alpha value is -0.200. The second kappa shape index (κ2) is 7.97. The number of phosphoric acid groups is 1. The Balaban J connectivity index is 0. The summed E-state index contributed by atoms with van der Waals surface area (Å²) in [6.45, 7) is 3.01. The van der Waals surface area contributed by atoms with Gasteiger partial charge in [-0.15, -0.1) is 0 Å². The van der Waals surface area contributed by atoms with Gasteiger partial charge >= 0.3 is 7.60 Å². The summed E-state index contributed by atoms with van der Waals surface area (Å²) in [5.41, 5.74) is -0.576. The average molecular weight is 277 g/mol. The Morgan fingerprint density at radius 2 is 1.38 bits per heavy atom. The summed E-state index contributed by atoms with van der Waals surface area (Å²) in [6.07, 6.45) is 0. The molecule has 0 rings (SSSR count). The molecule has 0 saturated carbocycles. The highest BCUT2D eigenvalue weighted by Gasteiger charge is 2.24. The van der Waals surface area contributed by atoms with Crippen molar-refractivity contribution >= 4 is 15.4 Å². The van der Waals surface area contributed by atoms with Crippen molar-refractivity contribution in [3.63, 3.8) is 0 Å². The predicted octanol–water partition coefficient (Wildman–Crippen LogP) is 1.25. The maximum Gasteiger partial charge on any atom is 0.394 e. The molecule has 0 radical (unpaired) electrons. The van der Waals surface area contributed by atoms with Gasteiger partial charge < -0.3 is 28.1 Å². The monoisotopic (exact) mass is 277 g/mol. The number of aliphatic hydroxyl groups is 1. The van der Waals surface area contributed by atoms with Crippen molar-refractivity contribution in [2.75, 3.05) is 28.4 Å². The zero-order valence-electron chi connectivity index (χ0n) is 9.41. The summed E-state index contributed by atoms with van der Waals surface area (Å²) in [6, 6.07) is 0. The van der Waals surface area contributed by atoms with E-state index in [1.165, 1.54) is 14.2 Å². The largest absolute Gasteiger partial charge is 0.756 e. The van der Waals surface area contributed by atoms with E-state index in [-0.39, 0.29) is 0 Å². The molecule has 0 atom stereocenters. The fraction of sp³-hybridized carbons (Fsp3) is 0.667. The molecule has 0 spiro atoms. The van der Waals surface area contributed by atoms with Gasteiger partial charge in [-0.05, 0) is 6.58 Å². The summed E-state index contributed by atoms with van der Waals surface area (Å²) >= 11 is 0. The minimum atomic E-state index is -3.90. The van der Waals surface area contributed by atoms with E-state index in [0.717, 1.165) is 14.2 Å². The molecule has 0 aromatic heterocycles. The minimum absolute atomic E-state index is 0.576. The molecule has 16 heavy (non-hydrogen) atoms. The highest BCUT2D eigenvalue weighted by molar-refractivity contribution is 7.58. The van der Waals surface area contributed by atoms with E-state index >= 15 is 0 Å². The van der Waals surface area contributed by atoms with E-state index in [0.29, 0.717) is 0 Å². The summed E-state index contributed by atoms with van der Waals surface area (Å²) in [5, 5.41) is 8.56. The van der Waals surface area contributed by atoms with Crippen LogP contribution in [0.1, 0.15) is 0 Å². The first-order valence-corrected chi connectivity index (χ1v) is 6.72. The van der Waals surface area contributed by atoms with Crippen molar-refractivity contribution in [3.8, 4) is 0 Å². The molecule has 0 aliphatic heterocycles. The highest BCUT2D eigenvalue weighted by Crippen LogP contribution is 2.52. The molecular weight excluding hydrogens is 262 g/mol. The predicted molar refractivity (Wildman–Crippen MR) is 55.0 cm³/mol.